The van der Waals surface area contributed by atoms with Crippen LogP contribution in [-0.4, -0.2) is 23.0 Å². The van der Waals surface area contributed by atoms with E-state index in [1.807, 2.05) is 12.1 Å². The Kier molecular flexibility index (Phi) is 5.45. The Balaban J connectivity index is 1.87. The maximum Gasteiger partial charge on any atom is 0.0558 e. The van der Waals surface area contributed by atoms with E-state index in [0.717, 1.165) is 23.2 Å². The van der Waals surface area contributed by atoms with Crippen molar-refractivity contribution in [2.45, 2.75) is 45.6 Å². The molecule has 0 N–H and O–H groups in total. The van der Waals surface area contributed by atoms with Gasteiger partial charge in [0.15, 0.2) is 0 Å². The van der Waals surface area contributed by atoms with Crippen molar-refractivity contribution < 1.29 is 0 Å². The van der Waals surface area contributed by atoms with Crippen LogP contribution in [0.3, 0.4) is 0 Å². The minimum Gasteiger partial charge on any atom is -0.298 e. The first kappa shape index (κ1) is 13.8. The number of hydrogen-bond donors (Lipinski definition) is 0. The molecule has 3 heteroatoms. The van der Waals surface area contributed by atoms with Gasteiger partial charge in [-0.3, -0.25) is 9.88 Å². The maximum atomic E-state index is 6.00. The van der Waals surface area contributed by atoms with Gasteiger partial charge in [-0.2, -0.15) is 0 Å². The summed E-state index contributed by atoms with van der Waals surface area (Å²) in [5.74, 6) is 0.937. The zero-order valence-corrected chi connectivity index (χ0v) is 12.0. The van der Waals surface area contributed by atoms with Gasteiger partial charge in [-0.1, -0.05) is 31.4 Å². The molecule has 0 radical (unpaired) electrons. The van der Waals surface area contributed by atoms with Crippen LogP contribution in [0.15, 0.2) is 18.3 Å². The Morgan fingerprint density at radius 1 is 1.39 bits per heavy atom. The van der Waals surface area contributed by atoms with Crippen LogP contribution in [0.5, 0.6) is 0 Å². The van der Waals surface area contributed by atoms with Gasteiger partial charge in [0.2, 0.25) is 0 Å². The highest BCUT2D eigenvalue weighted by Gasteiger charge is 2.16. The fraction of sp³-hybridized carbons (Fsp3) is 0.667. The zero-order valence-electron chi connectivity index (χ0n) is 11.2. The molecule has 0 aliphatic carbocycles. The summed E-state index contributed by atoms with van der Waals surface area (Å²) in [7, 11) is 0. The number of pyridine rings is 1. The molecule has 2 nitrogen and oxygen atoms in total. The molecular formula is C15H23ClN2. The standard InChI is InChI=1S/C15H23ClN2/c1-2-4-13-5-3-9-18(10-7-13)12-15-11-14(16)6-8-17-15/h6,8,11,13H,2-5,7,9-10,12H2,1H3. The summed E-state index contributed by atoms with van der Waals surface area (Å²) in [6, 6.07) is 3.82. The molecule has 0 saturated carbocycles. The van der Waals surface area contributed by atoms with Crippen molar-refractivity contribution in [1.29, 1.82) is 0 Å². The molecule has 1 aliphatic heterocycles. The van der Waals surface area contributed by atoms with E-state index in [4.69, 9.17) is 11.6 Å². The van der Waals surface area contributed by atoms with E-state index in [0.29, 0.717) is 0 Å². The summed E-state index contributed by atoms with van der Waals surface area (Å²) < 4.78 is 0. The van der Waals surface area contributed by atoms with Crippen LogP contribution in [0, 0.1) is 5.92 Å². The molecule has 0 amide bonds. The number of hydrogen-bond acceptors (Lipinski definition) is 2. The molecule has 1 aromatic rings. The summed E-state index contributed by atoms with van der Waals surface area (Å²) in [4.78, 5) is 6.92. The van der Waals surface area contributed by atoms with Gasteiger partial charge in [0.1, 0.15) is 0 Å². The van der Waals surface area contributed by atoms with Crippen molar-refractivity contribution in [3.63, 3.8) is 0 Å². The molecule has 2 heterocycles. The maximum absolute atomic E-state index is 6.00. The summed E-state index contributed by atoms with van der Waals surface area (Å²) in [5, 5.41) is 0.790. The average molecular weight is 267 g/mol. The largest absolute Gasteiger partial charge is 0.298 e. The third-order valence-electron chi connectivity index (χ3n) is 3.80. The Morgan fingerprint density at radius 2 is 2.28 bits per heavy atom. The molecule has 1 aromatic heterocycles. The van der Waals surface area contributed by atoms with Gasteiger partial charge in [-0.25, -0.2) is 0 Å². The lowest BCUT2D eigenvalue weighted by molar-refractivity contribution is 0.268. The number of nitrogens with zero attached hydrogens (tertiary/aromatic N) is 2. The molecule has 0 aromatic carbocycles. The number of aromatic nitrogens is 1. The van der Waals surface area contributed by atoms with Crippen molar-refractivity contribution in [3.8, 4) is 0 Å². The first-order chi connectivity index (χ1) is 8.78. The van der Waals surface area contributed by atoms with Gasteiger partial charge in [0.05, 0.1) is 5.69 Å². The van der Waals surface area contributed by atoms with Crippen LogP contribution in [0.1, 0.15) is 44.7 Å². The van der Waals surface area contributed by atoms with Crippen molar-refractivity contribution in [2.24, 2.45) is 5.92 Å². The van der Waals surface area contributed by atoms with Crippen molar-refractivity contribution in [1.82, 2.24) is 9.88 Å². The average Bonchev–Trinajstić information content (AvgIpc) is 2.56. The SMILES string of the molecule is CCCC1CCCN(Cc2cc(Cl)ccn2)CC1. The van der Waals surface area contributed by atoms with Crippen molar-refractivity contribution in [2.75, 3.05) is 13.1 Å². The van der Waals surface area contributed by atoms with Crippen LogP contribution in [0.25, 0.3) is 0 Å². The van der Waals surface area contributed by atoms with E-state index in [-0.39, 0.29) is 0 Å². The minimum atomic E-state index is 0.790. The monoisotopic (exact) mass is 266 g/mol. The third-order valence-corrected chi connectivity index (χ3v) is 4.04. The van der Waals surface area contributed by atoms with Crippen LogP contribution in [-0.2, 0) is 6.54 Å². The second-order valence-electron chi connectivity index (χ2n) is 5.33. The van der Waals surface area contributed by atoms with Gasteiger partial charge in [-0.15, -0.1) is 0 Å². The molecule has 1 fully saturated rings. The van der Waals surface area contributed by atoms with E-state index in [2.05, 4.69) is 16.8 Å². The Bertz CT molecular complexity index is 367. The molecule has 1 saturated heterocycles. The van der Waals surface area contributed by atoms with Crippen LogP contribution < -0.4 is 0 Å². The van der Waals surface area contributed by atoms with Crippen LogP contribution >= 0.6 is 11.6 Å². The molecule has 1 unspecified atom stereocenters. The van der Waals surface area contributed by atoms with Crippen LogP contribution in [0.2, 0.25) is 5.02 Å². The summed E-state index contributed by atoms with van der Waals surface area (Å²) in [5.41, 5.74) is 1.09. The van der Waals surface area contributed by atoms with Gasteiger partial charge >= 0.3 is 0 Å². The summed E-state index contributed by atoms with van der Waals surface area (Å²) in [6.07, 6.45) is 8.58. The van der Waals surface area contributed by atoms with E-state index in [1.165, 1.54) is 45.2 Å². The van der Waals surface area contributed by atoms with Crippen molar-refractivity contribution >= 4 is 11.6 Å². The predicted octanol–water partition coefficient (Wildman–Crippen LogP) is 4.14. The second kappa shape index (κ2) is 7.10. The number of rotatable bonds is 4. The lowest BCUT2D eigenvalue weighted by Gasteiger charge is -2.19. The molecule has 18 heavy (non-hydrogen) atoms. The molecule has 0 bridgehead atoms. The quantitative estimate of drug-likeness (QED) is 0.814. The minimum absolute atomic E-state index is 0.790. The highest BCUT2D eigenvalue weighted by atomic mass is 35.5. The molecular weight excluding hydrogens is 244 g/mol. The summed E-state index contributed by atoms with van der Waals surface area (Å²) in [6.45, 7) is 5.64. The highest BCUT2D eigenvalue weighted by Crippen LogP contribution is 2.22. The Morgan fingerprint density at radius 3 is 3.06 bits per heavy atom. The van der Waals surface area contributed by atoms with Crippen molar-refractivity contribution in [3.05, 3.63) is 29.0 Å². The zero-order chi connectivity index (χ0) is 12.8. The highest BCUT2D eigenvalue weighted by molar-refractivity contribution is 6.30. The van der Waals surface area contributed by atoms with E-state index >= 15 is 0 Å². The molecule has 0 spiro atoms. The van der Waals surface area contributed by atoms with E-state index in [9.17, 15) is 0 Å². The van der Waals surface area contributed by atoms with Gasteiger partial charge in [0.25, 0.3) is 0 Å². The first-order valence-electron chi connectivity index (χ1n) is 7.10. The van der Waals surface area contributed by atoms with Gasteiger partial charge in [0, 0.05) is 17.8 Å². The van der Waals surface area contributed by atoms with Crippen LogP contribution in [0.4, 0.5) is 0 Å². The van der Waals surface area contributed by atoms with Gasteiger partial charge in [-0.05, 0) is 50.4 Å². The Hall–Kier alpha value is -0.600. The predicted molar refractivity (Wildman–Crippen MR) is 76.8 cm³/mol. The summed E-state index contributed by atoms with van der Waals surface area (Å²) >= 11 is 6.00. The second-order valence-corrected chi connectivity index (χ2v) is 5.76. The first-order valence-corrected chi connectivity index (χ1v) is 7.48. The smallest absolute Gasteiger partial charge is 0.0558 e. The number of halogens is 1. The fourth-order valence-corrected chi connectivity index (χ4v) is 3.03. The fourth-order valence-electron chi connectivity index (χ4n) is 2.84. The number of likely N-dealkylation sites (tertiary alicyclic amines) is 1. The lowest BCUT2D eigenvalue weighted by atomic mass is 9.96. The van der Waals surface area contributed by atoms with E-state index in [1.54, 1.807) is 6.20 Å². The third kappa shape index (κ3) is 4.25. The lowest BCUT2D eigenvalue weighted by Crippen LogP contribution is -2.24. The van der Waals surface area contributed by atoms with Gasteiger partial charge < -0.3 is 0 Å². The topological polar surface area (TPSA) is 16.1 Å². The Labute approximate surface area is 115 Å². The molecule has 2 rings (SSSR count). The molecule has 100 valence electrons. The normalized spacial score (nSPS) is 21.8. The van der Waals surface area contributed by atoms with E-state index < -0.39 is 0 Å². The molecule has 1 atom stereocenters. The molecule has 1 aliphatic rings.